The van der Waals surface area contributed by atoms with Crippen LogP contribution in [0.15, 0.2) is 6.30 Å². The zero-order chi connectivity index (χ0) is 14.3. The summed E-state index contributed by atoms with van der Waals surface area (Å²) in [4.78, 5) is 6.60. The van der Waals surface area contributed by atoms with Crippen molar-refractivity contribution < 1.29 is 12.4 Å². The third-order valence-corrected chi connectivity index (χ3v) is 0.778. The quantitative estimate of drug-likeness (QED) is 0.611. The number of aryl methyl sites for hydroxylation is 1. The Labute approximate surface area is 66.7 Å². The van der Waals surface area contributed by atoms with Crippen molar-refractivity contribution >= 4 is 5.82 Å². The lowest BCUT2D eigenvalue weighted by Crippen LogP contribution is -1.97. The van der Waals surface area contributed by atoms with Crippen LogP contribution in [0, 0.1) is 13.7 Å². The van der Waals surface area contributed by atoms with E-state index in [2.05, 4.69) is 9.97 Å². The molecule has 2 N–H and O–H groups in total. The Balaban J connectivity index is 3.70. The molecule has 1 aromatic heterocycles. The first kappa shape index (κ1) is 1.31. The highest BCUT2D eigenvalue weighted by Gasteiger charge is 1.95. The molecule has 48 valence electrons. The second-order valence-corrected chi connectivity index (χ2v) is 1.37. The van der Waals surface area contributed by atoms with E-state index in [0.29, 0.717) is 0 Å². The number of nitrogens with two attached hydrogens (primary N) is 1. The Morgan fingerprint density at radius 1 is 1.78 bits per heavy atom. The topological polar surface area (TPSA) is 51.8 Å². The van der Waals surface area contributed by atoms with E-state index in [1.54, 1.807) is 0 Å². The van der Waals surface area contributed by atoms with Gasteiger partial charge in [-0.3, -0.25) is 0 Å². The van der Waals surface area contributed by atoms with Gasteiger partial charge in [-0.05, 0) is 13.7 Å². The molecule has 3 nitrogen and oxygen atoms in total. The van der Waals surface area contributed by atoms with Crippen LogP contribution in [0.25, 0.3) is 0 Å². The summed E-state index contributed by atoms with van der Waals surface area (Å²) in [6, 6.07) is 0. The molecule has 0 aliphatic heterocycles. The van der Waals surface area contributed by atoms with Gasteiger partial charge < -0.3 is 5.72 Å². The van der Waals surface area contributed by atoms with Gasteiger partial charge >= 0.3 is 0 Å². The van der Waals surface area contributed by atoms with Crippen LogP contribution < -0.4 is 5.72 Å². The molecule has 1 heterocycles. The van der Waals surface area contributed by atoms with E-state index in [0.717, 1.165) is 0 Å². The number of nitrogens with zero attached hydrogens (tertiary/aromatic N) is 2. The van der Waals surface area contributed by atoms with Crippen molar-refractivity contribution in [3.8, 4) is 0 Å². The Hall–Kier alpha value is -1.12. The molecule has 0 spiro atoms. The Morgan fingerprint density at radius 3 is 3.44 bits per heavy atom. The highest BCUT2D eigenvalue weighted by atomic mass is 14.9. The van der Waals surface area contributed by atoms with Crippen LogP contribution in [0.5, 0.6) is 0 Å². The second-order valence-electron chi connectivity index (χ2n) is 1.37. The lowest BCUT2D eigenvalue weighted by Gasteiger charge is -1.98. The molecule has 0 bridgehead atoms. The van der Waals surface area contributed by atoms with Gasteiger partial charge in [0.25, 0.3) is 0 Å². The minimum absolute atomic E-state index is 0.142. The molecule has 0 radical (unpaired) electrons. The third kappa shape index (κ3) is 0.988. The largest absolute Gasteiger partial charge is 0.383 e. The molecule has 0 saturated heterocycles. The summed E-state index contributed by atoms with van der Waals surface area (Å²) in [5, 5.41) is 0. The number of rotatable bonds is 1. The summed E-state index contributed by atoms with van der Waals surface area (Å²) in [6.07, 6.45) is -0.756. The fourth-order valence-electron chi connectivity index (χ4n) is 0.340. The van der Waals surface area contributed by atoms with Crippen LogP contribution in [-0.4, -0.2) is 9.97 Å². The van der Waals surface area contributed by atoms with Gasteiger partial charge in [-0.15, -0.1) is 0 Å². The van der Waals surface area contributed by atoms with Gasteiger partial charge in [0, 0.05) is 19.5 Å². The van der Waals surface area contributed by atoms with Gasteiger partial charge in [-0.1, -0.05) is 0 Å². The standard InChI is InChI=1S/C6H9N3/c1-4-5(2)8-3-9-6(4)7/h3H,1-2H3,(H2,7,8,9)/i1D3,2D3,3D/hD2. The van der Waals surface area contributed by atoms with Crippen molar-refractivity contribution in [3.63, 3.8) is 0 Å². The molecule has 0 aliphatic rings. The van der Waals surface area contributed by atoms with Crippen LogP contribution in [0.4, 0.5) is 5.82 Å². The molecule has 9 heavy (non-hydrogen) atoms. The fraction of sp³-hybridized carbons (Fsp3) is 0.333. The van der Waals surface area contributed by atoms with Crippen molar-refractivity contribution in [2.45, 2.75) is 13.7 Å². The third-order valence-electron chi connectivity index (χ3n) is 0.778. The van der Waals surface area contributed by atoms with E-state index in [1.165, 1.54) is 0 Å². The molecule has 0 fully saturated rings. The van der Waals surface area contributed by atoms with Gasteiger partial charge in [-0.2, -0.15) is 0 Å². The van der Waals surface area contributed by atoms with Gasteiger partial charge in [0.1, 0.15) is 13.5 Å². The summed E-state index contributed by atoms with van der Waals surface area (Å²) < 4.78 is 64.6. The Morgan fingerprint density at radius 2 is 2.78 bits per heavy atom. The molecule has 1 aromatic rings. The van der Waals surface area contributed by atoms with Crippen molar-refractivity contribution in [2.75, 3.05) is 5.72 Å². The molecule has 0 saturated carbocycles. The maximum absolute atomic E-state index is 7.25. The number of anilines is 1. The molecule has 0 amide bonds. The zero-order valence-electron chi connectivity index (χ0n) is 13.3. The van der Waals surface area contributed by atoms with E-state index in [-0.39, 0.29) is 5.72 Å². The first-order chi connectivity index (χ1) is 7.94. The Bertz CT molecular complexity index is 449. The average Bonchev–Trinajstić information content (AvgIpc) is 2.12. The first-order valence-corrected chi connectivity index (χ1v) is 2.12. The molecule has 0 unspecified atom stereocenters. The summed E-state index contributed by atoms with van der Waals surface area (Å²) >= 11 is 0. The first-order valence-electron chi connectivity index (χ1n) is 6.51. The van der Waals surface area contributed by atoms with Crippen LogP contribution >= 0.6 is 0 Å². The second kappa shape index (κ2) is 2.01. The molecule has 1 rings (SSSR count). The monoisotopic (exact) mass is 132 g/mol. The highest BCUT2D eigenvalue weighted by molar-refractivity contribution is 5.38. The predicted octanol–water partition coefficient (Wildman–Crippen LogP) is 0.676. The van der Waals surface area contributed by atoms with Crippen LogP contribution in [-0.2, 0) is 0 Å². The van der Waals surface area contributed by atoms with Gasteiger partial charge in [0.15, 0.2) is 2.82 Å². The lowest BCUT2D eigenvalue weighted by molar-refractivity contribution is 1.07. The number of hydrogen-bond acceptors (Lipinski definition) is 3. The minimum Gasteiger partial charge on any atom is -0.383 e. The molecule has 3 heteroatoms. The molecule has 0 atom stereocenters. The SMILES string of the molecule is [2H]c1nc(N([2H])[2H])c(C([2H])([2H])[2H])c(C([2H])([2H])[2H])n1. The van der Waals surface area contributed by atoms with Gasteiger partial charge in [0.05, 0.1) is 0 Å². The minimum atomic E-state index is -2.90. The summed E-state index contributed by atoms with van der Waals surface area (Å²) in [6.45, 7) is -5.76. The predicted molar refractivity (Wildman–Crippen MR) is 35.9 cm³/mol. The average molecular weight is 132 g/mol. The fourth-order valence-corrected chi connectivity index (χ4v) is 0.340. The zero-order valence-corrected chi connectivity index (χ0v) is 4.34. The lowest BCUT2D eigenvalue weighted by atomic mass is 10.2. The Kier molecular flexibility index (Phi) is 0.292. The van der Waals surface area contributed by atoms with Crippen molar-refractivity contribution in [2.24, 2.45) is 0 Å². The maximum Gasteiger partial charge on any atom is 0.158 e. The van der Waals surface area contributed by atoms with Crippen LogP contribution in [0.3, 0.4) is 0 Å². The van der Waals surface area contributed by atoms with E-state index >= 15 is 0 Å². The molecular weight excluding hydrogens is 114 g/mol. The number of aromatic nitrogens is 2. The van der Waals surface area contributed by atoms with Crippen LogP contribution in [0.2, 0.25) is 2.82 Å². The molecule has 0 aromatic carbocycles. The summed E-state index contributed by atoms with van der Waals surface area (Å²) in [7, 11) is 0. The van der Waals surface area contributed by atoms with Crippen molar-refractivity contribution in [1.82, 2.24) is 9.97 Å². The molecule has 0 aliphatic carbocycles. The smallest absolute Gasteiger partial charge is 0.158 e. The van der Waals surface area contributed by atoms with E-state index < -0.39 is 37.1 Å². The normalized spacial score (nSPS) is 26.4. The summed E-state index contributed by atoms with van der Waals surface area (Å²) in [5.41, 5.74) is -1.78. The van der Waals surface area contributed by atoms with E-state index in [4.69, 9.17) is 12.4 Å². The summed E-state index contributed by atoms with van der Waals surface area (Å²) in [5.74, 6) is -0.735. The van der Waals surface area contributed by atoms with Crippen molar-refractivity contribution in [1.29, 1.82) is 0 Å². The van der Waals surface area contributed by atoms with Crippen LogP contribution in [0.1, 0.15) is 20.9 Å². The van der Waals surface area contributed by atoms with Crippen molar-refractivity contribution in [3.05, 3.63) is 17.6 Å². The number of hydrogen-bond donors (Lipinski definition) is 1. The maximum atomic E-state index is 7.25. The van der Waals surface area contributed by atoms with Gasteiger partial charge in [-0.25, -0.2) is 9.97 Å². The molecular formula is C6H9N3. The van der Waals surface area contributed by atoms with E-state index in [9.17, 15) is 0 Å². The highest BCUT2D eigenvalue weighted by Crippen LogP contribution is 2.06. The number of nitrogen functional groups attached to an aromatic ring is 1. The van der Waals surface area contributed by atoms with Gasteiger partial charge in [0.2, 0.25) is 0 Å². The van der Waals surface area contributed by atoms with E-state index in [1.807, 2.05) is 0 Å².